The number of carbonyl (C=O) groups is 1. The fourth-order valence-corrected chi connectivity index (χ4v) is 5.90. The molecule has 0 saturated carbocycles. The minimum absolute atomic E-state index is 0.139. The molecule has 0 bridgehead atoms. The molecule has 5 rings (SSSR count). The maximum atomic E-state index is 13.6. The molecule has 0 aliphatic carbocycles. The number of benzene rings is 1. The van der Waals surface area contributed by atoms with Crippen LogP contribution in [-0.4, -0.2) is 56.4 Å². The number of methoxy groups -OCH3 is 1. The van der Waals surface area contributed by atoms with Gasteiger partial charge in [-0.25, -0.2) is 13.8 Å². The number of nitrogens with zero attached hydrogens (tertiary/aromatic N) is 5. The first-order chi connectivity index (χ1) is 18.9. The number of hydrogen-bond acceptors (Lipinski definition) is 9. The van der Waals surface area contributed by atoms with E-state index < -0.39 is 12.3 Å². The van der Waals surface area contributed by atoms with Crippen LogP contribution in [0.3, 0.4) is 0 Å². The minimum atomic E-state index is -2.71. The summed E-state index contributed by atoms with van der Waals surface area (Å²) in [5.41, 5.74) is 1.58. The van der Waals surface area contributed by atoms with Crippen molar-refractivity contribution in [3.05, 3.63) is 65.2 Å². The van der Waals surface area contributed by atoms with Gasteiger partial charge in [0.1, 0.15) is 11.4 Å². The molecule has 1 unspecified atom stereocenters. The largest absolute Gasteiger partial charge is 0.496 e. The molecule has 39 heavy (non-hydrogen) atoms. The first-order valence-electron chi connectivity index (χ1n) is 11.8. The van der Waals surface area contributed by atoms with Crippen molar-refractivity contribution in [2.45, 2.75) is 22.4 Å². The highest BCUT2D eigenvalue weighted by Gasteiger charge is 2.22. The lowest BCUT2D eigenvalue weighted by atomic mass is 9.97. The van der Waals surface area contributed by atoms with E-state index in [0.717, 1.165) is 6.42 Å². The van der Waals surface area contributed by atoms with Crippen LogP contribution in [0.2, 0.25) is 0 Å². The minimum Gasteiger partial charge on any atom is -0.496 e. The van der Waals surface area contributed by atoms with Crippen LogP contribution in [0.4, 0.5) is 13.9 Å². The summed E-state index contributed by atoms with van der Waals surface area (Å²) in [4.78, 5) is 17.7. The molecule has 1 aliphatic heterocycles. The van der Waals surface area contributed by atoms with Gasteiger partial charge in [-0.3, -0.25) is 14.8 Å². The van der Waals surface area contributed by atoms with Gasteiger partial charge in [-0.1, -0.05) is 29.0 Å². The molecule has 0 spiro atoms. The van der Waals surface area contributed by atoms with E-state index in [9.17, 15) is 13.6 Å². The lowest BCUT2D eigenvalue weighted by molar-refractivity contribution is 0.102. The highest BCUT2D eigenvalue weighted by Crippen LogP contribution is 2.37. The second-order valence-electron chi connectivity index (χ2n) is 8.46. The van der Waals surface area contributed by atoms with Crippen molar-refractivity contribution in [3.8, 4) is 28.7 Å². The quantitative estimate of drug-likeness (QED) is 0.250. The van der Waals surface area contributed by atoms with Gasteiger partial charge in [0.05, 0.1) is 31.0 Å². The molecule has 1 saturated heterocycles. The highest BCUT2D eigenvalue weighted by molar-refractivity contribution is 8.01. The molecule has 1 aliphatic rings. The predicted octanol–water partition coefficient (Wildman–Crippen LogP) is 4.81. The van der Waals surface area contributed by atoms with Gasteiger partial charge in [0.15, 0.2) is 4.34 Å². The van der Waals surface area contributed by atoms with Crippen LogP contribution in [0.1, 0.15) is 40.0 Å². The molecule has 4 heterocycles. The number of carbonyl (C=O) groups excluding carboxylic acids is 1. The number of nitrogens with one attached hydrogen (secondary N) is 1. The average molecular weight is 569 g/mol. The number of aromatic nitrogens is 5. The summed E-state index contributed by atoms with van der Waals surface area (Å²) < 4.78 is 40.4. The molecular formula is C26H22F2N6O3S2. The average Bonchev–Trinajstić information content (AvgIpc) is 3.70. The van der Waals surface area contributed by atoms with Gasteiger partial charge in [-0.05, 0) is 36.6 Å². The van der Waals surface area contributed by atoms with Gasteiger partial charge in [0, 0.05) is 48.0 Å². The number of halogens is 2. The first-order valence-corrected chi connectivity index (χ1v) is 13.5. The third-order valence-corrected chi connectivity index (χ3v) is 7.90. The smallest absolute Gasteiger partial charge is 0.263 e. The maximum Gasteiger partial charge on any atom is 0.263 e. The van der Waals surface area contributed by atoms with Crippen molar-refractivity contribution in [3.63, 3.8) is 0 Å². The van der Waals surface area contributed by atoms with Crippen molar-refractivity contribution in [1.29, 1.82) is 0 Å². The molecule has 200 valence electrons. The number of hydrogen-bond donors (Lipinski definition) is 1. The maximum absolute atomic E-state index is 13.6. The molecule has 1 N–H and O–H groups in total. The van der Waals surface area contributed by atoms with Crippen LogP contribution < -0.4 is 10.1 Å². The summed E-state index contributed by atoms with van der Waals surface area (Å²) >= 11 is 2.81. The molecule has 4 aromatic rings. The van der Waals surface area contributed by atoms with E-state index in [1.807, 2.05) is 0 Å². The predicted molar refractivity (Wildman–Crippen MR) is 143 cm³/mol. The zero-order valence-electron chi connectivity index (χ0n) is 20.9. The molecule has 13 heteroatoms. The SMILES string of the molecule is COc1ccc(C(F)F)cc1-c1cc(C#Cc2cnn(C)c2)ncc1C(=O)Nc1nnc(SC2CCOC2)s1. The number of amides is 1. The van der Waals surface area contributed by atoms with Crippen molar-refractivity contribution in [2.24, 2.45) is 7.05 Å². The number of aryl methyl sites for hydroxylation is 1. The van der Waals surface area contributed by atoms with Crippen LogP contribution >= 0.6 is 23.1 Å². The summed E-state index contributed by atoms with van der Waals surface area (Å²) in [6, 6.07) is 5.61. The Morgan fingerprint density at radius 1 is 1.26 bits per heavy atom. The van der Waals surface area contributed by atoms with E-state index in [0.29, 0.717) is 56.1 Å². The van der Waals surface area contributed by atoms with E-state index in [1.54, 1.807) is 42.0 Å². The third-order valence-electron chi connectivity index (χ3n) is 5.74. The molecule has 3 aromatic heterocycles. The second kappa shape index (κ2) is 11.9. The Labute approximate surface area is 231 Å². The lowest BCUT2D eigenvalue weighted by Crippen LogP contribution is -2.14. The Kier molecular flexibility index (Phi) is 8.16. The van der Waals surface area contributed by atoms with Crippen molar-refractivity contribution in [1.82, 2.24) is 25.0 Å². The molecule has 9 nitrogen and oxygen atoms in total. The second-order valence-corrected chi connectivity index (χ2v) is 11.0. The zero-order chi connectivity index (χ0) is 27.4. The van der Waals surface area contributed by atoms with Gasteiger partial charge in [0.2, 0.25) is 5.13 Å². The fraction of sp³-hybridized carbons (Fsp3) is 0.269. The van der Waals surface area contributed by atoms with E-state index in [1.165, 1.54) is 42.8 Å². The van der Waals surface area contributed by atoms with E-state index in [2.05, 4.69) is 37.4 Å². The standard InChI is InChI=1S/C26H22F2N6O3S2/c1-34-13-15(11-30-34)3-5-17-10-19(20-9-16(23(27)28)4-6-22(20)36-2)21(12-29-17)24(35)31-25-32-33-26(39-25)38-18-7-8-37-14-18/h4,6,9-13,18,23H,7-8,14H2,1-2H3,(H,31,32,35). The number of ether oxygens (including phenoxy) is 2. The van der Waals surface area contributed by atoms with Crippen molar-refractivity contribution in [2.75, 3.05) is 25.6 Å². The summed E-state index contributed by atoms with van der Waals surface area (Å²) in [6.07, 6.45) is 2.94. The van der Waals surface area contributed by atoms with Crippen LogP contribution in [0.5, 0.6) is 5.75 Å². The van der Waals surface area contributed by atoms with E-state index >= 15 is 0 Å². The van der Waals surface area contributed by atoms with Crippen LogP contribution in [0.15, 0.2) is 47.2 Å². The van der Waals surface area contributed by atoms with Crippen LogP contribution in [0.25, 0.3) is 11.1 Å². The van der Waals surface area contributed by atoms with Crippen LogP contribution in [-0.2, 0) is 11.8 Å². The monoisotopic (exact) mass is 568 g/mol. The Bertz CT molecular complexity index is 1560. The van der Waals surface area contributed by atoms with E-state index in [4.69, 9.17) is 9.47 Å². The molecule has 1 fully saturated rings. The lowest BCUT2D eigenvalue weighted by Gasteiger charge is -2.14. The third kappa shape index (κ3) is 6.42. The normalized spacial score (nSPS) is 14.7. The summed E-state index contributed by atoms with van der Waals surface area (Å²) in [5, 5.41) is 15.7. The van der Waals surface area contributed by atoms with Gasteiger partial charge >= 0.3 is 0 Å². The Balaban J connectivity index is 1.49. The fourth-order valence-electron chi connectivity index (χ4n) is 3.84. The highest BCUT2D eigenvalue weighted by atomic mass is 32.2. The number of alkyl halides is 2. The van der Waals surface area contributed by atoms with Crippen molar-refractivity contribution < 1.29 is 23.0 Å². The number of anilines is 1. The van der Waals surface area contributed by atoms with E-state index in [-0.39, 0.29) is 11.1 Å². The van der Waals surface area contributed by atoms with Gasteiger partial charge in [-0.15, -0.1) is 10.2 Å². The zero-order valence-corrected chi connectivity index (χ0v) is 22.5. The number of rotatable bonds is 7. The Morgan fingerprint density at radius 2 is 2.13 bits per heavy atom. The Morgan fingerprint density at radius 3 is 2.85 bits per heavy atom. The first kappa shape index (κ1) is 26.7. The number of pyridine rings is 1. The molecule has 0 radical (unpaired) electrons. The summed E-state index contributed by atoms with van der Waals surface area (Å²) in [5.74, 6) is 5.70. The van der Waals surface area contributed by atoms with Crippen LogP contribution in [0, 0.1) is 11.8 Å². The molecular weight excluding hydrogens is 546 g/mol. The molecule has 1 aromatic carbocycles. The van der Waals surface area contributed by atoms with Crippen molar-refractivity contribution >= 4 is 34.1 Å². The Hall–Kier alpha value is -3.86. The number of thioether (sulfide) groups is 1. The van der Waals surface area contributed by atoms with Gasteiger partial charge in [0.25, 0.3) is 12.3 Å². The topological polar surface area (TPSA) is 104 Å². The molecule has 1 amide bonds. The summed E-state index contributed by atoms with van der Waals surface area (Å²) in [7, 11) is 3.21. The van der Waals surface area contributed by atoms with Gasteiger partial charge < -0.3 is 9.47 Å². The molecule has 1 atom stereocenters. The summed E-state index contributed by atoms with van der Waals surface area (Å²) in [6.45, 7) is 1.37. The van der Waals surface area contributed by atoms with Gasteiger partial charge in [-0.2, -0.15) is 5.10 Å².